The zero-order valence-corrected chi connectivity index (χ0v) is 17.0. The Morgan fingerprint density at radius 2 is 1.93 bits per heavy atom. The van der Waals surface area contributed by atoms with Gasteiger partial charge >= 0.3 is 0 Å². The first kappa shape index (κ1) is 19.0. The average molecular weight is 405 g/mol. The predicted octanol–water partition coefficient (Wildman–Crippen LogP) is 3.08. The van der Waals surface area contributed by atoms with Crippen molar-refractivity contribution in [1.82, 2.24) is 15.5 Å². The first-order valence-electron chi connectivity index (χ1n) is 10.9. The van der Waals surface area contributed by atoms with Gasteiger partial charge in [-0.2, -0.15) is 0 Å². The first-order chi connectivity index (χ1) is 14.7. The van der Waals surface area contributed by atoms with Gasteiger partial charge in [-0.1, -0.05) is 43.2 Å². The molecule has 3 heterocycles. The second-order valence-electron chi connectivity index (χ2n) is 8.37. The van der Waals surface area contributed by atoms with E-state index in [0.29, 0.717) is 25.0 Å². The second-order valence-corrected chi connectivity index (χ2v) is 8.37. The zero-order chi connectivity index (χ0) is 20.5. The van der Waals surface area contributed by atoms with Crippen LogP contribution in [0.3, 0.4) is 0 Å². The van der Waals surface area contributed by atoms with Crippen molar-refractivity contribution in [2.75, 3.05) is 6.54 Å². The van der Waals surface area contributed by atoms with Crippen molar-refractivity contribution in [3.8, 4) is 0 Å². The Hall–Kier alpha value is -3.02. The quantitative estimate of drug-likeness (QED) is 0.820. The van der Waals surface area contributed by atoms with E-state index in [4.69, 9.17) is 4.42 Å². The fourth-order valence-corrected chi connectivity index (χ4v) is 5.19. The third kappa shape index (κ3) is 3.40. The Balaban J connectivity index is 1.56. The molecule has 30 heavy (non-hydrogen) atoms. The van der Waals surface area contributed by atoms with Gasteiger partial charge in [-0.25, -0.2) is 0 Å². The summed E-state index contributed by atoms with van der Waals surface area (Å²) < 4.78 is 5.44. The standard InChI is InChI=1S/C24H27N3O3/c28-21(13-12-17-9-6-14-30-17)27-20-11-5-4-10-18(20)26-19-15-25-24(29)22(19)23(27)16-7-2-1-3-8-16/h1-3,6-9,14,18,20,23,26H,4-5,10-13,15H2,(H,25,29)/t18-,20-,23-/m1/s1. The third-order valence-electron chi connectivity index (χ3n) is 6.56. The van der Waals surface area contributed by atoms with Crippen molar-refractivity contribution >= 4 is 11.8 Å². The minimum atomic E-state index is -0.367. The van der Waals surface area contributed by atoms with E-state index in [1.807, 2.05) is 47.4 Å². The molecular formula is C24H27N3O3. The molecule has 6 nitrogen and oxygen atoms in total. The van der Waals surface area contributed by atoms with Crippen LogP contribution in [-0.4, -0.2) is 35.3 Å². The van der Waals surface area contributed by atoms with Gasteiger partial charge in [0.2, 0.25) is 5.91 Å². The second kappa shape index (κ2) is 8.01. The molecule has 0 spiro atoms. The lowest BCUT2D eigenvalue weighted by atomic mass is 9.87. The molecule has 2 aromatic rings. The molecule has 2 N–H and O–H groups in total. The molecule has 1 saturated carbocycles. The molecule has 1 fully saturated rings. The topological polar surface area (TPSA) is 74.6 Å². The van der Waals surface area contributed by atoms with Gasteiger partial charge in [-0.15, -0.1) is 0 Å². The minimum absolute atomic E-state index is 0.0752. The average Bonchev–Trinajstić information content (AvgIpc) is 3.38. The summed E-state index contributed by atoms with van der Waals surface area (Å²) in [5, 5.41) is 6.62. The van der Waals surface area contributed by atoms with Crippen molar-refractivity contribution in [3.05, 3.63) is 71.3 Å². The summed E-state index contributed by atoms with van der Waals surface area (Å²) >= 11 is 0. The SMILES string of the molecule is O=C1NCC2=C1[C@@H](c1ccccc1)N(C(=O)CCc1ccco1)[C@@H]1CCCC[C@H]1N2. The molecule has 0 unspecified atom stereocenters. The number of amides is 2. The highest BCUT2D eigenvalue weighted by Crippen LogP contribution is 2.40. The van der Waals surface area contributed by atoms with Crippen LogP contribution in [-0.2, 0) is 16.0 Å². The van der Waals surface area contributed by atoms with Crippen molar-refractivity contribution in [2.45, 2.75) is 56.7 Å². The van der Waals surface area contributed by atoms with Gasteiger partial charge < -0.3 is 20.0 Å². The number of carbonyl (C=O) groups is 2. The lowest BCUT2D eigenvalue weighted by molar-refractivity contribution is -0.137. The number of benzene rings is 1. The number of aryl methyl sites for hydroxylation is 1. The molecule has 2 aliphatic heterocycles. The van der Waals surface area contributed by atoms with E-state index < -0.39 is 0 Å². The smallest absolute Gasteiger partial charge is 0.251 e. The molecule has 3 atom stereocenters. The molecule has 2 amide bonds. The highest BCUT2D eigenvalue weighted by atomic mass is 16.3. The summed E-state index contributed by atoms with van der Waals surface area (Å²) in [5.74, 6) is 0.813. The number of hydrogen-bond acceptors (Lipinski definition) is 4. The highest BCUT2D eigenvalue weighted by Gasteiger charge is 2.45. The normalized spacial score (nSPS) is 25.8. The molecular weight excluding hydrogens is 378 g/mol. The van der Waals surface area contributed by atoms with E-state index in [9.17, 15) is 9.59 Å². The third-order valence-corrected chi connectivity index (χ3v) is 6.56. The summed E-state index contributed by atoms with van der Waals surface area (Å²) in [4.78, 5) is 28.6. The number of furan rings is 1. The van der Waals surface area contributed by atoms with Gasteiger partial charge in [0.05, 0.1) is 30.5 Å². The summed E-state index contributed by atoms with van der Waals surface area (Å²) in [6.07, 6.45) is 6.77. The maximum atomic E-state index is 13.7. The molecule has 0 saturated heterocycles. The van der Waals surface area contributed by atoms with E-state index >= 15 is 0 Å². The molecule has 3 aliphatic rings. The Kier molecular flexibility index (Phi) is 5.07. The number of nitrogens with one attached hydrogen (secondary N) is 2. The summed E-state index contributed by atoms with van der Waals surface area (Å²) in [6, 6.07) is 13.6. The van der Waals surface area contributed by atoms with Gasteiger partial charge in [0, 0.05) is 24.6 Å². The number of carbonyl (C=O) groups excluding carboxylic acids is 2. The number of fused-ring (bicyclic) bond motifs is 1. The maximum absolute atomic E-state index is 13.7. The zero-order valence-electron chi connectivity index (χ0n) is 17.0. The summed E-state index contributed by atoms with van der Waals surface area (Å²) in [6.45, 7) is 0.509. The van der Waals surface area contributed by atoms with Crippen LogP contribution in [0, 0.1) is 0 Å². The molecule has 1 aliphatic carbocycles. The van der Waals surface area contributed by atoms with E-state index in [-0.39, 0.29) is 29.9 Å². The molecule has 6 heteroatoms. The van der Waals surface area contributed by atoms with Gasteiger partial charge in [-0.05, 0) is 30.5 Å². The van der Waals surface area contributed by atoms with Gasteiger partial charge in [0.1, 0.15) is 5.76 Å². The number of rotatable bonds is 4. The molecule has 1 aromatic carbocycles. The molecule has 0 radical (unpaired) electrons. The lowest BCUT2D eigenvalue weighted by Gasteiger charge is -2.42. The maximum Gasteiger partial charge on any atom is 0.251 e. The Bertz CT molecular complexity index is 951. The first-order valence-corrected chi connectivity index (χ1v) is 10.9. The van der Waals surface area contributed by atoms with Crippen LogP contribution in [0.15, 0.2) is 64.4 Å². The predicted molar refractivity (Wildman–Crippen MR) is 112 cm³/mol. The summed E-state index contributed by atoms with van der Waals surface area (Å²) in [7, 11) is 0. The van der Waals surface area contributed by atoms with Gasteiger partial charge in [0.15, 0.2) is 0 Å². The lowest BCUT2D eigenvalue weighted by Crippen LogP contribution is -2.53. The van der Waals surface area contributed by atoms with Crippen molar-refractivity contribution in [2.24, 2.45) is 0 Å². The van der Waals surface area contributed by atoms with E-state index in [2.05, 4.69) is 10.6 Å². The largest absolute Gasteiger partial charge is 0.469 e. The van der Waals surface area contributed by atoms with Crippen molar-refractivity contribution in [1.29, 1.82) is 0 Å². The number of hydrogen-bond donors (Lipinski definition) is 2. The molecule has 156 valence electrons. The fraction of sp³-hybridized carbons (Fsp3) is 0.417. The Morgan fingerprint density at radius 1 is 1.10 bits per heavy atom. The van der Waals surface area contributed by atoms with Gasteiger partial charge in [-0.3, -0.25) is 9.59 Å². The monoisotopic (exact) mass is 405 g/mol. The van der Waals surface area contributed by atoms with Crippen LogP contribution >= 0.6 is 0 Å². The van der Waals surface area contributed by atoms with Crippen LogP contribution in [0.25, 0.3) is 0 Å². The van der Waals surface area contributed by atoms with Crippen LogP contribution in [0.4, 0.5) is 0 Å². The van der Waals surface area contributed by atoms with Crippen molar-refractivity contribution in [3.63, 3.8) is 0 Å². The Labute approximate surface area is 176 Å². The van der Waals surface area contributed by atoms with E-state index in [0.717, 1.165) is 42.7 Å². The van der Waals surface area contributed by atoms with Crippen molar-refractivity contribution < 1.29 is 14.0 Å². The van der Waals surface area contributed by atoms with Gasteiger partial charge in [0.25, 0.3) is 5.91 Å². The fourth-order valence-electron chi connectivity index (χ4n) is 5.19. The minimum Gasteiger partial charge on any atom is -0.469 e. The molecule has 1 aromatic heterocycles. The van der Waals surface area contributed by atoms with E-state index in [1.165, 1.54) is 0 Å². The highest BCUT2D eigenvalue weighted by molar-refractivity contribution is 5.99. The van der Waals surface area contributed by atoms with Crippen LogP contribution in [0.1, 0.15) is 49.5 Å². The van der Waals surface area contributed by atoms with Crippen LogP contribution < -0.4 is 10.6 Å². The van der Waals surface area contributed by atoms with E-state index in [1.54, 1.807) is 6.26 Å². The molecule has 0 bridgehead atoms. The van der Waals surface area contributed by atoms with Crippen LogP contribution in [0.5, 0.6) is 0 Å². The summed E-state index contributed by atoms with van der Waals surface area (Å²) in [5.41, 5.74) is 2.63. The Morgan fingerprint density at radius 3 is 2.73 bits per heavy atom. The van der Waals surface area contributed by atoms with Crippen LogP contribution in [0.2, 0.25) is 0 Å². The molecule has 5 rings (SSSR count). The number of nitrogens with zero attached hydrogens (tertiary/aromatic N) is 1.